The maximum Gasteiger partial charge on any atom is 0.179 e. The highest BCUT2D eigenvalue weighted by Gasteiger charge is 2.12. The summed E-state index contributed by atoms with van der Waals surface area (Å²) in [7, 11) is 0. The van der Waals surface area contributed by atoms with Crippen molar-refractivity contribution in [2.75, 3.05) is 5.88 Å². The molecule has 0 spiro atoms. The molecule has 0 radical (unpaired) electrons. The number of aromatic amines is 1. The highest BCUT2D eigenvalue weighted by atomic mass is 79.9. The van der Waals surface area contributed by atoms with Crippen LogP contribution in [-0.2, 0) is 0 Å². The van der Waals surface area contributed by atoms with Crippen molar-refractivity contribution in [1.82, 2.24) is 4.98 Å². The van der Waals surface area contributed by atoms with E-state index in [9.17, 15) is 4.79 Å². The maximum absolute atomic E-state index is 11.5. The Bertz CT molecular complexity index is 492. The number of ketones is 1. The first-order valence-electron chi connectivity index (χ1n) is 4.09. The second kappa shape index (κ2) is 3.75. The van der Waals surface area contributed by atoms with E-state index in [0.717, 1.165) is 15.4 Å². The van der Waals surface area contributed by atoms with E-state index in [1.54, 1.807) is 6.20 Å². The molecule has 2 rings (SSSR count). The number of aromatic nitrogens is 1. The van der Waals surface area contributed by atoms with Crippen LogP contribution < -0.4 is 0 Å². The third-order valence-electron chi connectivity index (χ3n) is 2.08. The lowest BCUT2D eigenvalue weighted by atomic mass is 10.1. The summed E-state index contributed by atoms with van der Waals surface area (Å²) in [6, 6.07) is 5.74. The van der Waals surface area contributed by atoms with Gasteiger partial charge in [-0.25, -0.2) is 0 Å². The second-order valence-electron chi connectivity index (χ2n) is 2.92. The molecule has 0 aliphatic rings. The van der Waals surface area contributed by atoms with E-state index in [1.165, 1.54) is 0 Å². The van der Waals surface area contributed by atoms with Gasteiger partial charge in [0.1, 0.15) is 0 Å². The van der Waals surface area contributed by atoms with Gasteiger partial charge in [0, 0.05) is 27.1 Å². The molecule has 0 fully saturated rings. The fourth-order valence-electron chi connectivity index (χ4n) is 1.43. The zero-order chi connectivity index (χ0) is 10.1. The first-order chi connectivity index (χ1) is 6.74. The number of Topliss-reactive ketones (excluding diaryl/α,β-unsaturated/α-hetero) is 1. The number of carbonyl (C=O) groups excluding carboxylic acids is 1. The number of halogens is 2. The Labute approximate surface area is 94.4 Å². The van der Waals surface area contributed by atoms with Gasteiger partial charge in [-0.05, 0) is 12.1 Å². The molecule has 0 aliphatic carbocycles. The molecule has 0 saturated heterocycles. The van der Waals surface area contributed by atoms with Gasteiger partial charge in [0.05, 0.1) is 5.88 Å². The fourth-order valence-corrected chi connectivity index (χ4v) is 2.16. The average molecular weight is 273 g/mol. The van der Waals surface area contributed by atoms with Crippen LogP contribution in [0.1, 0.15) is 10.4 Å². The highest BCUT2D eigenvalue weighted by molar-refractivity contribution is 9.10. The van der Waals surface area contributed by atoms with Crippen LogP contribution >= 0.6 is 27.5 Å². The molecule has 1 N–H and O–H groups in total. The minimum atomic E-state index is -0.0650. The van der Waals surface area contributed by atoms with Crippen molar-refractivity contribution in [3.63, 3.8) is 0 Å². The van der Waals surface area contributed by atoms with Crippen molar-refractivity contribution in [2.45, 2.75) is 0 Å². The summed E-state index contributed by atoms with van der Waals surface area (Å²) in [6.45, 7) is 0. The van der Waals surface area contributed by atoms with E-state index in [0.29, 0.717) is 5.56 Å². The van der Waals surface area contributed by atoms with Crippen LogP contribution in [0.15, 0.2) is 28.9 Å². The van der Waals surface area contributed by atoms with E-state index in [2.05, 4.69) is 20.9 Å². The van der Waals surface area contributed by atoms with Crippen molar-refractivity contribution in [3.05, 3.63) is 34.4 Å². The van der Waals surface area contributed by atoms with E-state index >= 15 is 0 Å². The van der Waals surface area contributed by atoms with Gasteiger partial charge in [0.15, 0.2) is 5.78 Å². The number of hydrogen-bond donors (Lipinski definition) is 1. The number of alkyl halides is 1. The maximum atomic E-state index is 11.5. The number of H-pyrrole nitrogens is 1. The molecule has 72 valence electrons. The molecular weight excluding hydrogens is 265 g/mol. The molecule has 0 saturated carbocycles. The number of nitrogens with one attached hydrogen (secondary N) is 1. The lowest BCUT2D eigenvalue weighted by molar-refractivity contribution is 0.102. The molecule has 0 aliphatic heterocycles. The Morgan fingerprint density at radius 1 is 1.50 bits per heavy atom. The van der Waals surface area contributed by atoms with Crippen molar-refractivity contribution in [1.29, 1.82) is 0 Å². The van der Waals surface area contributed by atoms with Crippen molar-refractivity contribution in [3.8, 4) is 0 Å². The lowest BCUT2D eigenvalue weighted by Crippen LogP contribution is -1.98. The highest BCUT2D eigenvalue weighted by Crippen LogP contribution is 2.27. The third-order valence-corrected chi connectivity index (χ3v) is 2.98. The molecular formula is C10H7BrClNO. The fraction of sp³-hybridized carbons (Fsp3) is 0.100. The summed E-state index contributed by atoms with van der Waals surface area (Å²) in [6.07, 6.45) is 1.69. The molecule has 2 nitrogen and oxygen atoms in total. The minimum absolute atomic E-state index is 0.00822. The third kappa shape index (κ3) is 1.47. The van der Waals surface area contributed by atoms with Crippen LogP contribution in [0.2, 0.25) is 0 Å². The van der Waals surface area contributed by atoms with Gasteiger partial charge >= 0.3 is 0 Å². The van der Waals surface area contributed by atoms with Gasteiger partial charge in [0.25, 0.3) is 0 Å². The lowest BCUT2D eigenvalue weighted by Gasteiger charge is -1.97. The Hall–Kier alpha value is -0.800. The number of hydrogen-bond acceptors (Lipinski definition) is 1. The van der Waals surface area contributed by atoms with Crippen LogP contribution in [0.3, 0.4) is 0 Å². The van der Waals surface area contributed by atoms with Crippen LogP contribution in [0.4, 0.5) is 0 Å². The molecule has 1 aromatic heterocycles. The molecule has 1 heterocycles. The van der Waals surface area contributed by atoms with Crippen molar-refractivity contribution >= 4 is 44.2 Å². The van der Waals surface area contributed by atoms with Gasteiger partial charge < -0.3 is 4.98 Å². The summed E-state index contributed by atoms with van der Waals surface area (Å²) < 4.78 is 0.907. The summed E-state index contributed by atoms with van der Waals surface area (Å²) >= 11 is 8.93. The van der Waals surface area contributed by atoms with Gasteiger partial charge in [-0.15, -0.1) is 11.6 Å². The quantitative estimate of drug-likeness (QED) is 0.660. The molecule has 4 heteroatoms. The Morgan fingerprint density at radius 3 is 3.00 bits per heavy atom. The van der Waals surface area contributed by atoms with Gasteiger partial charge in [-0.1, -0.05) is 22.0 Å². The molecule has 0 amide bonds. The largest absolute Gasteiger partial charge is 0.360 e. The van der Waals surface area contributed by atoms with Crippen LogP contribution in [0.25, 0.3) is 10.9 Å². The normalized spacial score (nSPS) is 10.7. The van der Waals surface area contributed by atoms with Crippen LogP contribution in [0, 0.1) is 0 Å². The van der Waals surface area contributed by atoms with Gasteiger partial charge in [-0.3, -0.25) is 4.79 Å². The number of fused-ring (bicyclic) bond motifs is 1. The molecule has 2 aromatic rings. The molecule has 0 atom stereocenters. The van der Waals surface area contributed by atoms with Gasteiger partial charge in [0.2, 0.25) is 0 Å². The zero-order valence-corrected chi connectivity index (χ0v) is 9.52. The number of rotatable bonds is 2. The SMILES string of the molecule is O=C(CCl)c1c[nH]c2cccc(Br)c12. The van der Waals surface area contributed by atoms with Gasteiger partial charge in [-0.2, -0.15) is 0 Å². The number of carbonyl (C=O) groups is 1. The molecule has 0 unspecified atom stereocenters. The second-order valence-corrected chi connectivity index (χ2v) is 4.04. The predicted octanol–water partition coefficient (Wildman–Crippen LogP) is 3.35. The monoisotopic (exact) mass is 271 g/mol. The summed E-state index contributed by atoms with van der Waals surface area (Å²) in [5.41, 5.74) is 1.58. The van der Waals surface area contributed by atoms with E-state index in [-0.39, 0.29) is 11.7 Å². The number of benzene rings is 1. The Kier molecular flexibility index (Phi) is 2.61. The summed E-state index contributed by atoms with van der Waals surface area (Å²) in [5.74, 6) is -0.0568. The topological polar surface area (TPSA) is 32.9 Å². The van der Waals surface area contributed by atoms with Crippen LogP contribution in [0.5, 0.6) is 0 Å². The first kappa shape index (κ1) is 9.74. The minimum Gasteiger partial charge on any atom is -0.360 e. The predicted molar refractivity (Wildman–Crippen MR) is 61.0 cm³/mol. The van der Waals surface area contributed by atoms with E-state index < -0.39 is 0 Å². The molecule has 14 heavy (non-hydrogen) atoms. The van der Waals surface area contributed by atoms with E-state index in [1.807, 2.05) is 18.2 Å². The smallest absolute Gasteiger partial charge is 0.179 e. The Balaban J connectivity index is 2.73. The Morgan fingerprint density at radius 2 is 2.29 bits per heavy atom. The average Bonchev–Trinajstić information content (AvgIpc) is 2.62. The van der Waals surface area contributed by atoms with E-state index in [4.69, 9.17) is 11.6 Å². The van der Waals surface area contributed by atoms with Crippen LogP contribution in [-0.4, -0.2) is 16.6 Å². The van der Waals surface area contributed by atoms with Crippen molar-refractivity contribution in [2.24, 2.45) is 0 Å². The first-order valence-corrected chi connectivity index (χ1v) is 5.41. The molecule has 1 aromatic carbocycles. The summed E-state index contributed by atoms with van der Waals surface area (Å²) in [5, 5.41) is 0.901. The summed E-state index contributed by atoms with van der Waals surface area (Å²) in [4.78, 5) is 14.5. The standard InChI is InChI=1S/C10H7BrClNO/c11-7-2-1-3-8-10(7)6(5-13-8)9(14)4-12/h1-3,5,13H,4H2. The molecule has 0 bridgehead atoms. The zero-order valence-electron chi connectivity index (χ0n) is 7.18. The van der Waals surface area contributed by atoms with Crippen molar-refractivity contribution < 1.29 is 4.79 Å².